The van der Waals surface area contributed by atoms with Gasteiger partial charge in [0, 0.05) is 25.5 Å². The highest BCUT2D eigenvalue weighted by Gasteiger charge is 2.12. The first-order chi connectivity index (χ1) is 11.1. The highest BCUT2D eigenvalue weighted by atomic mass is 16.1. The molecule has 2 aromatic rings. The van der Waals surface area contributed by atoms with Gasteiger partial charge in [0.25, 0.3) is 5.91 Å². The molecule has 0 saturated heterocycles. The molecule has 0 bridgehead atoms. The summed E-state index contributed by atoms with van der Waals surface area (Å²) >= 11 is 0. The number of hydrogen-bond acceptors (Lipinski definition) is 4. The van der Waals surface area contributed by atoms with Gasteiger partial charge in [-0.15, -0.1) is 0 Å². The lowest BCUT2D eigenvalue weighted by Crippen LogP contribution is -2.27. The first kappa shape index (κ1) is 17.0. The van der Waals surface area contributed by atoms with Crippen molar-refractivity contribution in [3.8, 4) is 0 Å². The van der Waals surface area contributed by atoms with Crippen molar-refractivity contribution in [2.45, 2.75) is 13.0 Å². The SMILES string of the molecule is CC(NC(=O)c1cncc(NCCN(C)C)c1)c1ccccc1. The normalized spacial score (nSPS) is 12.0. The maximum absolute atomic E-state index is 12.4. The Hall–Kier alpha value is -2.40. The molecule has 23 heavy (non-hydrogen) atoms. The Bertz CT molecular complexity index is 628. The van der Waals surface area contributed by atoms with E-state index in [9.17, 15) is 4.79 Å². The zero-order chi connectivity index (χ0) is 16.7. The first-order valence-electron chi connectivity index (χ1n) is 7.75. The standard InChI is InChI=1S/C18H24N4O/c1-14(15-7-5-4-6-8-15)21-18(23)16-11-17(13-19-12-16)20-9-10-22(2)3/h4-8,11-14,20H,9-10H2,1-3H3,(H,21,23). The molecule has 0 aliphatic carbocycles. The molecule has 5 nitrogen and oxygen atoms in total. The summed E-state index contributed by atoms with van der Waals surface area (Å²) in [5.41, 5.74) is 2.49. The lowest BCUT2D eigenvalue weighted by Gasteiger charge is -2.15. The van der Waals surface area contributed by atoms with Gasteiger partial charge in [0.1, 0.15) is 0 Å². The Morgan fingerprint density at radius 2 is 1.96 bits per heavy atom. The highest BCUT2D eigenvalue weighted by Crippen LogP contribution is 2.13. The number of nitrogens with one attached hydrogen (secondary N) is 2. The molecule has 1 aromatic heterocycles. The predicted octanol–water partition coefficient (Wildman–Crippen LogP) is 2.55. The molecule has 0 spiro atoms. The van der Waals surface area contributed by atoms with Crippen LogP contribution in [0.2, 0.25) is 0 Å². The minimum absolute atomic E-state index is 0.0472. The van der Waals surface area contributed by atoms with E-state index in [4.69, 9.17) is 0 Å². The minimum atomic E-state index is -0.120. The predicted molar refractivity (Wildman–Crippen MR) is 93.6 cm³/mol. The van der Waals surface area contributed by atoms with Crippen molar-refractivity contribution in [3.05, 3.63) is 59.9 Å². The van der Waals surface area contributed by atoms with Crippen LogP contribution in [-0.4, -0.2) is 43.0 Å². The average Bonchev–Trinajstić information content (AvgIpc) is 2.55. The van der Waals surface area contributed by atoms with Gasteiger partial charge in [-0.05, 0) is 32.6 Å². The van der Waals surface area contributed by atoms with Crippen molar-refractivity contribution in [1.29, 1.82) is 0 Å². The molecule has 1 unspecified atom stereocenters. The summed E-state index contributed by atoms with van der Waals surface area (Å²) in [7, 11) is 4.05. The molecule has 0 aliphatic rings. The van der Waals surface area contributed by atoms with Crippen molar-refractivity contribution >= 4 is 11.6 Å². The van der Waals surface area contributed by atoms with Crippen LogP contribution in [0.15, 0.2) is 48.8 Å². The molecular formula is C18H24N4O. The number of hydrogen-bond donors (Lipinski definition) is 2. The Morgan fingerprint density at radius 3 is 2.65 bits per heavy atom. The zero-order valence-corrected chi connectivity index (χ0v) is 13.9. The Balaban J connectivity index is 1.96. The van der Waals surface area contributed by atoms with Crippen molar-refractivity contribution < 1.29 is 4.79 Å². The van der Waals surface area contributed by atoms with Gasteiger partial charge in [0.15, 0.2) is 0 Å². The molecule has 0 aliphatic heterocycles. The molecule has 1 amide bonds. The van der Waals surface area contributed by atoms with E-state index in [1.807, 2.05) is 57.4 Å². The van der Waals surface area contributed by atoms with Crippen LogP contribution < -0.4 is 10.6 Å². The maximum Gasteiger partial charge on any atom is 0.253 e. The summed E-state index contributed by atoms with van der Waals surface area (Å²) in [6.45, 7) is 3.70. The molecule has 0 saturated carbocycles. The second-order valence-electron chi connectivity index (χ2n) is 5.80. The summed E-state index contributed by atoms with van der Waals surface area (Å²) in [6.07, 6.45) is 3.32. The average molecular weight is 312 g/mol. The van der Waals surface area contributed by atoms with Gasteiger partial charge in [-0.2, -0.15) is 0 Å². The number of likely N-dealkylation sites (N-methyl/N-ethyl adjacent to an activating group) is 1. The third kappa shape index (κ3) is 5.38. The van der Waals surface area contributed by atoms with E-state index >= 15 is 0 Å². The number of pyridine rings is 1. The Kier molecular flexibility index (Phi) is 6.11. The van der Waals surface area contributed by atoms with Crippen LogP contribution in [0.1, 0.15) is 28.9 Å². The molecule has 0 fully saturated rings. The second-order valence-corrected chi connectivity index (χ2v) is 5.80. The fourth-order valence-corrected chi connectivity index (χ4v) is 2.19. The summed E-state index contributed by atoms with van der Waals surface area (Å²) in [5.74, 6) is -0.120. The third-order valence-electron chi connectivity index (χ3n) is 3.54. The van der Waals surface area contributed by atoms with E-state index in [1.165, 1.54) is 0 Å². The number of carbonyl (C=O) groups excluding carboxylic acids is 1. The maximum atomic E-state index is 12.4. The van der Waals surface area contributed by atoms with E-state index < -0.39 is 0 Å². The number of benzene rings is 1. The van der Waals surface area contributed by atoms with Gasteiger partial charge >= 0.3 is 0 Å². The summed E-state index contributed by atoms with van der Waals surface area (Å²) in [5, 5.41) is 6.27. The summed E-state index contributed by atoms with van der Waals surface area (Å²) in [4.78, 5) is 18.6. The van der Waals surface area contributed by atoms with E-state index in [-0.39, 0.29) is 11.9 Å². The van der Waals surface area contributed by atoms with Crippen LogP contribution in [0.5, 0.6) is 0 Å². The van der Waals surface area contributed by atoms with Gasteiger partial charge in [-0.3, -0.25) is 9.78 Å². The molecule has 1 aromatic carbocycles. The number of carbonyl (C=O) groups is 1. The fraction of sp³-hybridized carbons (Fsp3) is 0.333. The first-order valence-corrected chi connectivity index (χ1v) is 7.75. The quantitative estimate of drug-likeness (QED) is 0.825. The van der Waals surface area contributed by atoms with Gasteiger partial charge in [-0.1, -0.05) is 30.3 Å². The fourth-order valence-electron chi connectivity index (χ4n) is 2.19. The van der Waals surface area contributed by atoms with Gasteiger partial charge in [0.2, 0.25) is 0 Å². The van der Waals surface area contributed by atoms with E-state index in [2.05, 4.69) is 20.5 Å². The summed E-state index contributed by atoms with van der Waals surface area (Å²) < 4.78 is 0. The number of rotatable bonds is 7. The molecule has 1 heterocycles. The number of aromatic nitrogens is 1. The molecule has 122 valence electrons. The summed E-state index contributed by atoms with van der Waals surface area (Å²) in [6, 6.07) is 11.7. The highest BCUT2D eigenvalue weighted by molar-refractivity contribution is 5.94. The minimum Gasteiger partial charge on any atom is -0.382 e. The van der Waals surface area contributed by atoms with Gasteiger partial charge in [-0.25, -0.2) is 0 Å². The van der Waals surface area contributed by atoms with Crippen LogP contribution in [0.25, 0.3) is 0 Å². The Labute approximate surface area is 137 Å². The largest absolute Gasteiger partial charge is 0.382 e. The van der Waals surface area contributed by atoms with Gasteiger partial charge < -0.3 is 15.5 Å². The Morgan fingerprint density at radius 1 is 1.22 bits per heavy atom. The monoisotopic (exact) mass is 312 g/mol. The molecule has 1 atom stereocenters. The van der Waals surface area contributed by atoms with Crippen LogP contribution in [-0.2, 0) is 0 Å². The van der Waals surface area contributed by atoms with E-state index in [1.54, 1.807) is 12.4 Å². The van der Waals surface area contributed by atoms with Gasteiger partial charge in [0.05, 0.1) is 17.3 Å². The number of amides is 1. The second kappa shape index (κ2) is 8.29. The van der Waals surface area contributed by atoms with Crippen molar-refractivity contribution in [3.63, 3.8) is 0 Å². The lowest BCUT2D eigenvalue weighted by atomic mass is 10.1. The van der Waals surface area contributed by atoms with E-state index in [0.29, 0.717) is 5.56 Å². The van der Waals surface area contributed by atoms with Crippen LogP contribution in [0.4, 0.5) is 5.69 Å². The van der Waals surface area contributed by atoms with Crippen LogP contribution in [0.3, 0.4) is 0 Å². The molecular weight excluding hydrogens is 288 g/mol. The zero-order valence-electron chi connectivity index (χ0n) is 13.9. The molecule has 2 rings (SSSR count). The third-order valence-corrected chi connectivity index (χ3v) is 3.54. The smallest absolute Gasteiger partial charge is 0.253 e. The van der Waals surface area contributed by atoms with E-state index in [0.717, 1.165) is 24.3 Å². The van der Waals surface area contributed by atoms with Crippen molar-refractivity contribution in [2.75, 3.05) is 32.5 Å². The number of nitrogens with zero attached hydrogens (tertiary/aromatic N) is 2. The molecule has 2 N–H and O–H groups in total. The van der Waals surface area contributed by atoms with Crippen LogP contribution >= 0.6 is 0 Å². The molecule has 5 heteroatoms. The molecule has 0 radical (unpaired) electrons. The number of anilines is 1. The van der Waals surface area contributed by atoms with Crippen molar-refractivity contribution in [2.24, 2.45) is 0 Å². The van der Waals surface area contributed by atoms with Crippen molar-refractivity contribution in [1.82, 2.24) is 15.2 Å². The lowest BCUT2D eigenvalue weighted by molar-refractivity contribution is 0.0939. The topological polar surface area (TPSA) is 57.3 Å². The van der Waals surface area contributed by atoms with Crippen LogP contribution in [0, 0.1) is 0 Å².